The van der Waals surface area contributed by atoms with Crippen LogP contribution in [-0.4, -0.2) is 6.04 Å². The number of benzene rings is 1. The fraction of sp³-hybridized carbons (Fsp3) is 0.571. The summed E-state index contributed by atoms with van der Waals surface area (Å²) >= 11 is 0. The van der Waals surface area contributed by atoms with Crippen molar-refractivity contribution >= 4 is 5.69 Å². The van der Waals surface area contributed by atoms with Crippen LogP contribution in [0.3, 0.4) is 0 Å². The zero-order chi connectivity index (χ0) is 12.1. The Bertz CT molecular complexity index is 334. The third-order valence-electron chi connectivity index (χ3n) is 2.75. The van der Waals surface area contributed by atoms with Crippen LogP contribution in [0.15, 0.2) is 18.2 Å². The molecule has 0 saturated carbocycles. The zero-order valence-electron chi connectivity index (χ0n) is 10.7. The number of aryl methyl sites for hydroxylation is 1. The van der Waals surface area contributed by atoms with Gasteiger partial charge in [0.1, 0.15) is 5.82 Å². The second-order valence-corrected chi connectivity index (χ2v) is 4.98. The van der Waals surface area contributed by atoms with Gasteiger partial charge in [-0.3, -0.25) is 0 Å². The third-order valence-corrected chi connectivity index (χ3v) is 2.75. The van der Waals surface area contributed by atoms with Gasteiger partial charge in [0.2, 0.25) is 0 Å². The van der Waals surface area contributed by atoms with E-state index >= 15 is 0 Å². The van der Waals surface area contributed by atoms with Crippen molar-refractivity contribution in [3.05, 3.63) is 29.6 Å². The Hall–Kier alpha value is -1.05. The van der Waals surface area contributed by atoms with E-state index in [9.17, 15) is 4.39 Å². The maximum atomic E-state index is 13.1. The van der Waals surface area contributed by atoms with Crippen molar-refractivity contribution in [2.45, 2.75) is 46.6 Å². The van der Waals surface area contributed by atoms with Gasteiger partial charge < -0.3 is 5.32 Å². The van der Waals surface area contributed by atoms with E-state index in [2.05, 4.69) is 26.1 Å². The quantitative estimate of drug-likeness (QED) is 0.781. The molecule has 2 heteroatoms. The van der Waals surface area contributed by atoms with Crippen LogP contribution in [0.25, 0.3) is 0 Å². The largest absolute Gasteiger partial charge is 0.383 e. The topological polar surface area (TPSA) is 12.0 Å². The maximum absolute atomic E-state index is 13.1. The molecule has 1 atom stereocenters. The van der Waals surface area contributed by atoms with Crippen molar-refractivity contribution < 1.29 is 4.39 Å². The molecule has 0 aliphatic carbocycles. The lowest BCUT2D eigenvalue weighted by atomic mass is 10.0. The molecule has 0 fully saturated rings. The predicted octanol–water partition coefficient (Wildman–Crippen LogP) is 4.37. The predicted molar refractivity (Wildman–Crippen MR) is 68.3 cm³/mol. The molecule has 0 heterocycles. The maximum Gasteiger partial charge on any atom is 0.126 e. The van der Waals surface area contributed by atoms with Gasteiger partial charge in [0, 0.05) is 11.7 Å². The monoisotopic (exact) mass is 223 g/mol. The van der Waals surface area contributed by atoms with Crippen LogP contribution in [0.5, 0.6) is 0 Å². The van der Waals surface area contributed by atoms with Crippen LogP contribution < -0.4 is 5.32 Å². The van der Waals surface area contributed by atoms with Crippen LogP contribution in [0.2, 0.25) is 0 Å². The van der Waals surface area contributed by atoms with E-state index in [0.717, 1.165) is 18.0 Å². The van der Waals surface area contributed by atoms with Crippen LogP contribution in [0, 0.1) is 18.7 Å². The van der Waals surface area contributed by atoms with E-state index in [0.29, 0.717) is 11.6 Å². The molecule has 0 aromatic heterocycles. The minimum absolute atomic E-state index is 0.139. The first-order valence-electron chi connectivity index (χ1n) is 6.01. The number of anilines is 1. The molecule has 1 N–H and O–H groups in total. The van der Waals surface area contributed by atoms with Gasteiger partial charge in [-0.05, 0) is 56.4 Å². The van der Waals surface area contributed by atoms with E-state index in [1.807, 2.05) is 6.07 Å². The lowest BCUT2D eigenvalue weighted by Crippen LogP contribution is -2.15. The van der Waals surface area contributed by atoms with Gasteiger partial charge >= 0.3 is 0 Å². The van der Waals surface area contributed by atoms with Gasteiger partial charge in [0.25, 0.3) is 0 Å². The van der Waals surface area contributed by atoms with Crippen molar-refractivity contribution in [3.63, 3.8) is 0 Å². The second-order valence-electron chi connectivity index (χ2n) is 4.98. The van der Waals surface area contributed by atoms with Crippen molar-refractivity contribution in [1.82, 2.24) is 0 Å². The highest BCUT2D eigenvalue weighted by Crippen LogP contribution is 2.16. The van der Waals surface area contributed by atoms with Crippen molar-refractivity contribution in [3.8, 4) is 0 Å². The molecule has 16 heavy (non-hydrogen) atoms. The lowest BCUT2D eigenvalue weighted by Gasteiger charge is -2.16. The standard InChI is InChI=1S/C14H22FN/c1-10(2)5-6-12(4)16-13-7-8-14(15)11(3)9-13/h7-10,12,16H,5-6H2,1-4H3. The highest BCUT2D eigenvalue weighted by Gasteiger charge is 2.05. The molecule has 1 nitrogen and oxygen atoms in total. The normalized spacial score (nSPS) is 12.9. The Kier molecular flexibility index (Phi) is 4.78. The van der Waals surface area contributed by atoms with Gasteiger partial charge in [-0.1, -0.05) is 13.8 Å². The summed E-state index contributed by atoms with van der Waals surface area (Å²) in [6.07, 6.45) is 2.36. The van der Waals surface area contributed by atoms with Crippen LogP contribution in [0.4, 0.5) is 10.1 Å². The highest BCUT2D eigenvalue weighted by atomic mass is 19.1. The van der Waals surface area contributed by atoms with Crippen LogP contribution >= 0.6 is 0 Å². The van der Waals surface area contributed by atoms with Crippen molar-refractivity contribution in [2.75, 3.05) is 5.32 Å². The third kappa shape index (κ3) is 4.21. The SMILES string of the molecule is Cc1cc(NC(C)CCC(C)C)ccc1F. The molecule has 0 bridgehead atoms. The van der Waals surface area contributed by atoms with Crippen molar-refractivity contribution in [1.29, 1.82) is 0 Å². The fourth-order valence-electron chi connectivity index (χ4n) is 1.67. The number of hydrogen-bond acceptors (Lipinski definition) is 1. The highest BCUT2D eigenvalue weighted by molar-refractivity contribution is 5.46. The summed E-state index contributed by atoms with van der Waals surface area (Å²) in [6.45, 7) is 8.42. The summed E-state index contributed by atoms with van der Waals surface area (Å²) in [4.78, 5) is 0. The van der Waals surface area contributed by atoms with E-state index < -0.39 is 0 Å². The minimum Gasteiger partial charge on any atom is -0.383 e. The first-order valence-corrected chi connectivity index (χ1v) is 6.01. The molecule has 0 radical (unpaired) electrons. The molecule has 0 amide bonds. The Labute approximate surface area is 98.1 Å². The lowest BCUT2D eigenvalue weighted by molar-refractivity contribution is 0.527. The van der Waals surface area contributed by atoms with E-state index in [1.165, 1.54) is 12.5 Å². The van der Waals surface area contributed by atoms with E-state index in [-0.39, 0.29) is 5.82 Å². The average Bonchev–Trinajstić information content (AvgIpc) is 2.21. The van der Waals surface area contributed by atoms with Crippen LogP contribution in [-0.2, 0) is 0 Å². The number of nitrogens with one attached hydrogen (secondary N) is 1. The fourth-order valence-corrected chi connectivity index (χ4v) is 1.67. The molecule has 0 saturated heterocycles. The Morgan fingerprint density at radius 3 is 2.44 bits per heavy atom. The summed E-state index contributed by atoms with van der Waals surface area (Å²) < 4.78 is 13.1. The number of halogens is 1. The van der Waals surface area contributed by atoms with E-state index in [1.54, 1.807) is 13.0 Å². The summed E-state index contributed by atoms with van der Waals surface area (Å²) in [5.74, 6) is 0.597. The van der Waals surface area contributed by atoms with Crippen LogP contribution in [0.1, 0.15) is 39.2 Å². The summed E-state index contributed by atoms with van der Waals surface area (Å²) in [6, 6.07) is 5.62. The Morgan fingerprint density at radius 2 is 1.88 bits per heavy atom. The molecule has 1 rings (SSSR count). The van der Waals surface area contributed by atoms with Gasteiger partial charge in [0.15, 0.2) is 0 Å². The Balaban J connectivity index is 2.49. The molecular weight excluding hydrogens is 201 g/mol. The summed E-state index contributed by atoms with van der Waals surface area (Å²) in [7, 11) is 0. The van der Waals surface area contributed by atoms with Gasteiger partial charge in [-0.25, -0.2) is 4.39 Å². The van der Waals surface area contributed by atoms with Gasteiger partial charge in [0.05, 0.1) is 0 Å². The Morgan fingerprint density at radius 1 is 1.19 bits per heavy atom. The second kappa shape index (κ2) is 5.88. The number of rotatable bonds is 5. The molecule has 1 aromatic carbocycles. The summed E-state index contributed by atoms with van der Waals surface area (Å²) in [5.41, 5.74) is 1.70. The molecule has 1 unspecified atom stereocenters. The first-order chi connectivity index (χ1) is 7.49. The molecule has 0 aliphatic heterocycles. The average molecular weight is 223 g/mol. The molecule has 90 valence electrons. The van der Waals surface area contributed by atoms with Crippen molar-refractivity contribution in [2.24, 2.45) is 5.92 Å². The first kappa shape index (κ1) is 13.0. The summed E-state index contributed by atoms with van der Waals surface area (Å²) in [5, 5.41) is 3.40. The zero-order valence-corrected chi connectivity index (χ0v) is 10.7. The minimum atomic E-state index is -0.139. The molecule has 1 aromatic rings. The van der Waals surface area contributed by atoms with Gasteiger partial charge in [-0.2, -0.15) is 0 Å². The smallest absolute Gasteiger partial charge is 0.126 e. The van der Waals surface area contributed by atoms with Gasteiger partial charge in [-0.15, -0.1) is 0 Å². The molecular formula is C14H22FN. The number of hydrogen-bond donors (Lipinski definition) is 1. The molecule has 0 spiro atoms. The van der Waals surface area contributed by atoms with E-state index in [4.69, 9.17) is 0 Å². The molecule has 0 aliphatic rings.